The Labute approximate surface area is 116 Å². The largest absolute Gasteiger partial charge is 0.485 e. The number of aliphatic imine (C=N–C) groups is 1. The van der Waals surface area contributed by atoms with E-state index in [9.17, 15) is 0 Å². The molecule has 0 saturated carbocycles. The number of hydrogen-bond donors (Lipinski definition) is 1. The number of nitrogens with zero attached hydrogens (tertiary/aromatic N) is 1. The molecule has 0 saturated heterocycles. The predicted molar refractivity (Wildman–Crippen MR) is 76.0 cm³/mol. The van der Waals surface area contributed by atoms with Crippen LogP contribution in [-0.2, 0) is 0 Å². The summed E-state index contributed by atoms with van der Waals surface area (Å²) in [7, 11) is 17.5. The van der Waals surface area contributed by atoms with E-state index in [1.165, 1.54) is 0 Å². The molecule has 0 amide bonds. The molecule has 3 rings (SSSR count). The number of rotatable bonds is 1. The van der Waals surface area contributed by atoms with Crippen molar-refractivity contribution in [3.05, 3.63) is 18.2 Å². The van der Waals surface area contributed by atoms with Crippen molar-refractivity contribution in [2.75, 3.05) is 6.61 Å². The Morgan fingerprint density at radius 3 is 2.89 bits per heavy atom. The standard InChI is InChI=1S/C12H11B3N2O2/c1-12(15)11(14)16-10(17-12)9-5-18-7-3-2-6(13)4-8(7)19-9/h2-4,9,11H,5H2,1H3,(H,16,17). The molecule has 1 N–H and O–H groups in total. The van der Waals surface area contributed by atoms with Gasteiger partial charge in [0, 0.05) is 11.4 Å². The van der Waals surface area contributed by atoms with Gasteiger partial charge >= 0.3 is 0 Å². The van der Waals surface area contributed by atoms with Crippen LogP contribution in [0.5, 0.6) is 11.5 Å². The first-order valence-electron chi connectivity index (χ1n) is 6.05. The molecule has 1 aromatic carbocycles. The molecule has 3 atom stereocenters. The third-order valence-electron chi connectivity index (χ3n) is 3.22. The summed E-state index contributed by atoms with van der Waals surface area (Å²) in [5.41, 5.74) is -0.154. The first-order chi connectivity index (χ1) is 8.95. The van der Waals surface area contributed by atoms with E-state index in [1.54, 1.807) is 25.1 Å². The summed E-state index contributed by atoms with van der Waals surface area (Å²) in [6.07, 6.45) is -0.356. The van der Waals surface area contributed by atoms with Gasteiger partial charge in [-0.25, -0.2) is 0 Å². The monoisotopic (exact) mass is 248 g/mol. The van der Waals surface area contributed by atoms with Crippen LogP contribution in [0.1, 0.15) is 6.92 Å². The molecule has 0 spiro atoms. The lowest BCUT2D eigenvalue weighted by Crippen LogP contribution is -2.52. The summed E-state index contributed by atoms with van der Waals surface area (Å²) < 4.78 is 11.5. The Hall–Kier alpha value is -1.52. The van der Waals surface area contributed by atoms with Gasteiger partial charge in [0.2, 0.25) is 0 Å². The summed E-state index contributed by atoms with van der Waals surface area (Å²) in [6.45, 7) is 2.13. The first kappa shape index (κ1) is 12.5. The molecule has 0 aliphatic carbocycles. The highest BCUT2D eigenvalue weighted by molar-refractivity contribution is 6.32. The Morgan fingerprint density at radius 1 is 1.42 bits per heavy atom. The van der Waals surface area contributed by atoms with Gasteiger partial charge in [-0.1, -0.05) is 11.5 Å². The van der Waals surface area contributed by atoms with E-state index in [4.69, 9.17) is 33.0 Å². The highest BCUT2D eigenvalue weighted by atomic mass is 16.6. The Bertz CT molecular complexity index is 548. The molecule has 90 valence electrons. The molecular weight excluding hydrogens is 237 g/mol. The first-order valence-corrected chi connectivity index (χ1v) is 6.05. The topological polar surface area (TPSA) is 42.8 Å². The van der Waals surface area contributed by atoms with E-state index < -0.39 is 11.4 Å². The van der Waals surface area contributed by atoms with Crippen molar-refractivity contribution in [3.8, 4) is 11.5 Å². The number of amidine groups is 1. The summed E-state index contributed by atoms with van der Waals surface area (Å²) in [5, 5.41) is 3.06. The maximum Gasteiger partial charge on any atom is 0.189 e. The van der Waals surface area contributed by atoms with Gasteiger partial charge in [0.25, 0.3) is 0 Å². The molecule has 1 aromatic rings. The van der Waals surface area contributed by atoms with Crippen LogP contribution in [0.4, 0.5) is 0 Å². The van der Waals surface area contributed by atoms with Crippen LogP contribution in [0, 0.1) is 0 Å². The van der Waals surface area contributed by atoms with Crippen LogP contribution in [0.3, 0.4) is 0 Å². The zero-order valence-electron chi connectivity index (χ0n) is 10.6. The molecule has 3 unspecified atom stereocenters. The number of fused-ring (bicyclic) bond motifs is 1. The van der Waals surface area contributed by atoms with Crippen LogP contribution in [-0.4, -0.2) is 53.5 Å². The third kappa shape index (κ3) is 2.22. The van der Waals surface area contributed by atoms with Gasteiger partial charge in [0.05, 0.1) is 0 Å². The summed E-state index contributed by atoms with van der Waals surface area (Å²) in [5.74, 6) is 1.36. The van der Waals surface area contributed by atoms with Gasteiger partial charge in [-0.15, -0.1) is 0 Å². The molecule has 0 bridgehead atoms. The van der Waals surface area contributed by atoms with E-state index in [0.29, 0.717) is 29.4 Å². The molecule has 0 fully saturated rings. The van der Waals surface area contributed by atoms with Crippen molar-refractivity contribution < 1.29 is 9.47 Å². The number of nitrogens with one attached hydrogen (secondary N) is 1. The zero-order valence-corrected chi connectivity index (χ0v) is 10.6. The fraction of sp³-hybridized carbons (Fsp3) is 0.417. The van der Waals surface area contributed by atoms with E-state index in [-0.39, 0.29) is 6.10 Å². The van der Waals surface area contributed by atoms with Crippen LogP contribution >= 0.6 is 0 Å². The van der Waals surface area contributed by atoms with Gasteiger partial charge in [0.1, 0.15) is 36.0 Å². The fourth-order valence-electron chi connectivity index (χ4n) is 2.05. The average molecular weight is 248 g/mol. The fourth-order valence-corrected chi connectivity index (χ4v) is 2.05. The van der Waals surface area contributed by atoms with E-state index >= 15 is 0 Å². The maximum atomic E-state index is 5.97. The normalized spacial score (nSPS) is 32.6. The second-order valence-electron chi connectivity index (χ2n) is 4.99. The van der Waals surface area contributed by atoms with Gasteiger partial charge in [-0.05, 0) is 19.1 Å². The van der Waals surface area contributed by atoms with Crippen LogP contribution in [0.2, 0.25) is 0 Å². The number of ether oxygens (including phenoxy) is 2. The lowest BCUT2D eigenvalue weighted by molar-refractivity contribution is 0.133. The van der Waals surface area contributed by atoms with Crippen molar-refractivity contribution in [2.24, 2.45) is 4.99 Å². The number of benzene rings is 1. The minimum atomic E-state index is -0.769. The Balaban J connectivity index is 1.81. The Kier molecular flexibility index (Phi) is 2.80. The van der Waals surface area contributed by atoms with E-state index in [0.717, 1.165) is 0 Å². The van der Waals surface area contributed by atoms with Crippen molar-refractivity contribution in [1.82, 2.24) is 5.32 Å². The Morgan fingerprint density at radius 2 is 2.21 bits per heavy atom. The second-order valence-corrected chi connectivity index (χ2v) is 4.99. The van der Waals surface area contributed by atoms with Crippen molar-refractivity contribution in [2.45, 2.75) is 24.4 Å². The lowest BCUT2D eigenvalue weighted by Gasteiger charge is -2.29. The van der Waals surface area contributed by atoms with Crippen molar-refractivity contribution >= 4 is 34.8 Å². The maximum absolute atomic E-state index is 5.97. The molecule has 19 heavy (non-hydrogen) atoms. The highest BCUT2D eigenvalue weighted by Gasteiger charge is 2.37. The second kappa shape index (κ2) is 4.25. The van der Waals surface area contributed by atoms with Crippen molar-refractivity contribution in [1.29, 1.82) is 0 Å². The quantitative estimate of drug-likeness (QED) is 0.648. The lowest BCUT2D eigenvalue weighted by atomic mass is 9.67. The van der Waals surface area contributed by atoms with E-state index in [2.05, 4.69) is 10.3 Å². The highest BCUT2D eigenvalue weighted by Crippen LogP contribution is 2.31. The summed E-state index contributed by atoms with van der Waals surface area (Å²) in [4.78, 5) is 4.28. The molecule has 0 aromatic heterocycles. The molecule has 4 nitrogen and oxygen atoms in total. The molecule has 2 aliphatic rings. The molecular formula is C12H11B3N2O2. The predicted octanol–water partition coefficient (Wildman–Crippen LogP) is -0.999. The SMILES string of the molecule is [B]c1ccc2c(c1)OC(C1=NC([B])C([B])(C)N1)CO2. The van der Waals surface area contributed by atoms with Crippen LogP contribution in [0.25, 0.3) is 0 Å². The minimum absolute atomic E-state index is 0.353. The average Bonchev–Trinajstić information content (AvgIpc) is 2.63. The van der Waals surface area contributed by atoms with Crippen LogP contribution in [0.15, 0.2) is 23.2 Å². The summed E-state index contributed by atoms with van der Waals surface area (Å²) >= 11 is 0. The molecule has 7 heteroatoms. The summed E-state index contributed by atoms with van der Waals surface area (Å²) in [6, 6.07) is 5.27. The number of hydrogen-bond acceptors (Lipinski definition) is 4. The van der Waals surface area contributed by atoms with Gasteiger partial charge in [0.15, 0.2) is 17.6 Å². The van der Waals surface area contributed by atoms with Crippen LogP contribution < -0.4 is 20.3 Å². The van der Waals surface area contributed by atoms with Crippen molar-refractivity contribution in [3.63, 3.8) is 0 Å². The smallest absolute Gasteiger partial charge is 0.189 e. The van der Waals surface area contributed by atoms with Gasteiger partial charge in [-0.3, -0.25) is 4.99 Å². The molecule has 2 aliphatic heterocycles. The molecule has 2 heterocycles. The van der Waals surface area contributed by atoms with E-state index in [1.807, 2.05) is 0 Å². The van der Waals surface area contributed by atoms with Gasteiger partial charge < -0.3 is 14.8 Å². The minimum Gasteiger partial charge on any atom is -0.485 e. The molecule has 6 radical (unpaired) electrons. The zero-order chi connectivity index (χ0) is 13.6. The third-order valence-corrected chi connectivity index (χ3v) is 3.22. The van der Waals surface area contributed by atoms with Gasteiger partial charge in [-0.2, -0.15) is 0 Å².